The number of carbonyl (C=O) groups excluding carboxylic acids is 1. The summed E-state index contributed by atoms with van der Waals surface area (Å²) in [4.78, 5) is 19.8. The Bertz CT molecular complexity index is 1000. The second-order valence-electron chi connectivity index (χ2n) is 6.24. The molecule has 0 bridgehead atoms. The third-order valence-electron chi connectivity index (χ3n) is 3.74. The third-order valence-corrected chi connectivity index (χ3v) is 4.65. The molecule has 2 aromatic heterocycles. The Morgan fingerprint density at radius 3 is 2.85 bits per heavy atom. The molecule has 1 aromatic carbocycles. The molecule has 136 valence electrons. The number of rotatable bonds is 4. The van der Waals surface area contributed by atoms with Crippen molar-refractivity contribution in [3.8, 4) is 22.3 Å². The van der Waals surface area contributed by atoms with Gasteiger partial charge in [-0.05, 0) is 49.3 Å². The predicted octanol–water partition coefficient (Wildman–Crippen LogP) is 3.56. The first-order valence-electron chi connectivity index (χ1n) is 8.36. The zero-order chi connectivity index (χ0) is 19.2. The minimum absolute atomic E-state index is 0.270. The number of pyridine rings is 1. The van der Waals surface area contributed by atoms with Crippen molar-refractivity contribution in [3.05, 3.63) is 65.3 Å². The molecule has 0 saturated carbocycles. The monoisotopic (exact) mass is 376 g/mol. The first kappa shape index (κ1) is 18.6. The van der Waals surface area contributed by atoms with Crippen LogP contribution in [0.4, 0.5) is 11.4 Å². The first-order valence-corrected chi connectivity index (χ1v) is 9.24. The van der Waals surface area contributed by atoms with E-state index in [1.54, 1.807) is 29.7 Å². The molecule has 27 heavy (non-hydrogen) atoms. The summed E-state index contributed by atoms with van der Waals surface area (Å²) < 4.78 is 0. The summed E-state index contributed by atoms with van der Waals surface area (Å²) in [7, 11) is 3.90. The highest BCUT2D eigenvalue weighted by Gasteiger charge is 2.11. The topological polar surface area (TPSA) is 71.2 Å². The van der Waals surface area contributed by atoms with Gasteiger partial charge in [0.1, 0.15) is 0 Å². The Labute approximate surface area is 162 Å². The highest BCUT2D eigenvalue weighted by atomic mass is 32.1. The van der Waals surface area contributed by atoms with Crippen LogP contribution in [0.2, 0.25) is 0 Å². The molecular weight excluding hydrogens is 356 g/mol. The molecule has 0 fully saturated rings. The Kier molecular flexibility index (Phi) is 5.87. The third kappa shape index (κ3) is 4.94. The molecule has 5 nitrogen and oxygen atoms in total. The molecule has 3 aromatic rings. The highest BCUT2D eigenvalue weighted by Crippen LogP contribution is 2.30. The van der Waals surface area contributed by atoms with Gasteiger partial charge in [0.25, 0.3) is 5.91 Å². The number of nitrogens with two attached hydrogens (primary N) is 1. The van der Waals surface area contributed by atoms with E-state index >= 15 is 0 Å². The number of thiophene rings is 1. The number of carbonyl (C=O) groups is 1. The fourth-order valence-corrected chi connectivity index (χ4v) is 3.11. The number of nitrogen functional groups attached to an aromatic ring is 1. The van der Waals surface area contributed by atoms with Gasteiger partial charge in [0.15, 0.2) is 0 Å². The van der Waals surface area contributed by atoms with Crippen LogP contribution in [0.5, 0.6) is 0 Å². The number of nitrogens with zero attached hydrogens (tertiary/aromatic N) is 2. The average molecular weight is 376 g/mol. The quantitative estimate of drug-likeness (QED) is 0.539. The lowest BCUT2D eigenvalue weighted by molar-refractivity contribution is 0.102. The Balaban J connectivity index is 1.79. The van der Waals surface area contributed by atoms with Crippen LogP contribution in [-0.4, -0.2) is 36.4 Å². The van der Waals surface area contributed by atoms with Crippen LogP contribution < -0.4 is 11.1 Å². The second kappa shape index (κ2) is 8.49. The predicted molar refractivity (Wildman–Crippen MR) is 112 cm³/mol. The molecule has 3 rings (SSSR count). The van der Waals surface area contributed by atoms with Crippen molar-refractivity contribution in [3.63, 3.8) is 0 Å². The van der Waals surface area contributed by atoms with Gasteiger partial charge in [0.05, 0.1) is 23.5 Å². The smallest absolute Gasteiger partial charge is 0.257 e. The van der Waals surface area contributed by atoms with Crippen molar-refractivity contribution in [2.45, 2.75) is 0 Å². The highest BCUT2D eigenvalue weighted by molar-refractivity contribution is 7.13. The molecule has 0 aliphatic carbocycles. The average Bonchev–Trinajstić information content (AvgIpc) is 3.18. The SMILES string of the molecule is CN(C)CC#Cc1cncc(C(=O)Nc2cc(-c3cccs3)ccc2N)c1. The van der Waals surface area contributed by atoms with E-state index in [9.17, 15) is 4.79 Å². The van der Waals surface area contributed by atoms with Gasteiger partial charge in [-0.2, -0.15) is 0 Å². The molecule has 3 N–H and O–H groups in total. The van der Waals surface area contributed by atoms with E-state index in [-0.39, 0.29) is 5.91 Å². The molecular formula is C21H20N4OS. The number of benzene rings is 1. The van der Waals surface area contributed by atoms with Crippen LogP contribution in [-0.2, 0) is 0 Å². The number of aromatic nitrogens is 1. The van der Waals surface area contributed by atoms with Crippen LogP contribution in [0.15, 0.2) is 54.2 Å². The Morgan fingerprint density at radius 1 is 1.26 bits per heavy atom. The Hall–Kier alpha value is -3.14. The van der Waals surface area contributed by atoms with Gasteiger partial charge in [0, 0.05) is 22.8 Å². The van der Waals surface area contributed by atoms with Crippen LogP contribution in [0, 0.1) is 11.8 Å². The van der Waals surface area contributed by atoms with Gasteiger partial charge in [-0.15, -0.1) is 11.3 Å². The van der Waals surface area contributed by atoms with Gasteiger partial charge in [-0.25, -0.2) is 0 Å². The lowest BCUT2D eigenvalue weighted by atomic mass is 10.1. The maximum Gasteiger partial charge on any atom is 0.257 e. The number of anilines is 2. The minimum atomic E-state index is -0.270. The van der Waals surface area contributed by atoms with E-state index < -0.39 is 0 Å². The molecule has 0 spiro atoms. The van der Waals surface area contributed by atoms with E-state index in [1.807, 2.05) is 48.6 Å². The van der Waals surface area contributed by atoms with Crippen LogP contribution >= 0.6 is 11.3 Å². The van der Waals surface area contributed by atoms with Gasteiger partial charge in [-0.1, -0.05) is 24.0 Å². The van der Waals surface area contributed by atoms with Crippen molar-refractivity contribution in [2.75, 3.05) is 31.7 Å². The largest absolute Gasteiger partial charge is 0.397 e. The molecule has 2 heterocycles. The lowest BCUT2D eigenvalue weighted by Crippen LogP contribution is -2.14. The zero-order valence-electron chi connectivity index (χ0n) is 15.2. The molecule has 0 atom stereocenters. The lowest BCUT2D eigenvalue weighted by Gasteiger charge is -2.10. The van der Waals surface area contributed by atoms with E-state index in [2.05, 4.69) is 22.1 Å². The van der Waals surface area contributed by atoms with E-state index in [0.717, 1.165) is 10.4 Å². The summed E-state index contributed by atoms with van der Waals surface area (Å²) in [5, 5.41) is 4.89. The van der Waals surface area contributed by atoms with Crippen molar-refractivity contribution >= 4 is 28.6 Å². The second-order valence-corrected chi connectivity index (χ2v) is 7.18. The molecule has 1 amide bonds. The standard InChI is InChI=1S/C21H20N4OS/c1-25(2)9-3-5-15-11-17(14-23-13-15)21(26)24-19-12-16(7-8-18(19)22)20-6-4-10-27-20/h4,6-8,10-14H,9,22H2,1-2H3,(H,24,26). The first-order chi connectivity index (χ1) is 13.0. The molecule has 0 aliphatic heterocycles. The van der Waals surface area contributed by atoms with Gasteiger partial charge >= 0.3 is 0 Å². The normalized spacial score (nSPS) is 10.3. The minimum Gasteiger partial charge on any atom is -0.397 e. The fraction of sp³-hybridized carbons (Fsp3) is 0.143. The summed E-state index contributed by atoms with van der Waals surface area (Å²) in [5.74, 6) is 5.78. The van der Waals surface area contributed by atoms with Crippen molar-refractivity contribution in [2.24, 2.45) is 0 Å². The van der Waals surface area contributed by atoms with Crippen LogP contribution in [0.25, 0.3) is 10.4 Å². The van der Waals surface area contributed by atoms with Crippen LogP contribution in [0.1, 0.15) is 15.9 Å². The summed E-state index contributed by atoms with van der Waals surface area (Å²) in [6, 6.07) is 11.4. The van der Waals surface area contributed by atoms with E-state index in [4.69, 9.17) is 5.73 Å². The van der Waals surface area contributed by atoms with Gasteiger partial charge in [-0.3, -0.25) is 14.7 Å². The summed E-state index contributed by atoms with van der Waals surface area (Å²) in [6.07, 6.45) is 3.16. The Morgan fingerprint density at radius 2 is 2.11 bits per heavy atom. The van der Waals surface area contributed by atoms with Crippen LogP contribution in [0.3, 0.4) is 0 Å². The summed E-state index contributed by atoms with van der Waals surface area (Å²) in [5.41, 5.74) is 9.28. The molecule has 0 saturated heterocycles. The molecule has 6 heteroatoms. The van der Waals surface area contributed by atoms with Crippen molar-refractivity contribution < 1.29 is 4.79 Å². The molecule has 0 unspecified atom stereocenters. The molecule has 0 radical (unpaired) electrons. The number of hydrogen-bond acceptors (Lipinski definition) is 5. The van der Waals surface area contributed by atoms with Gasteiger partial charge < -0.3 is 11.1 Å². The number of nitrogens with one attached hydrogen (secondary N) is 1. The van der Waals surface area contributed by atoms with E-state index in [0.29, 0.717) is 29.0 Å². The van der Waals surface area contributed by atoms with Crippen molar-refractivity contribution in [1.29, 1.82) is 0 Å². The summed E-state index contributed by atoms with van der Waals surface area (Å²) in [6.45, 7) is 0.641. The van der Waals surface area contributed by atoms with E-state index in [1.165, 1.54) is 6.20 Å². The maximum absolute atomic E-state index is 12.6. The van der Waals surface area contributed by atoms with Crippen molar-refractivity contribution in [1.82, 2.24) is 9.88 Å². The number of amides is 1. The molecule has 0 aliphatic rings. The fourth-order valence-electron chi connectivity index (χ4n) is 2.39. The zero-order valence-corrected chi connectivity index (χ0v) is 16.0. The maximum atomic E-state index is 12.6. The summed E-state index contributed by atoms with van der Waals surface area (Å²) >= 11 is 1.64. The number of hydrogen-bond donors (Lipinski definition) is 2. The van der Waals surface area contributed by atoms with Gasteiger partial charge in [0.2, 0.25) is 0 Å².